The largest absolute Gasteiger partial charge is 0.491 e. The summed E-state index contributed by atoms with van der Waals surface area (Å²) in [4.78, 5) is 18.8. The minimum absolute atomic E-state index is 0. The van der Waals surface area contributed by atoms with Crippen molar-refractivity contribution in [1.29, 1.82) is 0 Å². The van der Waals surface area contributed by atoms with Crippen molar-refractivity contribution in [3.05, 3.63) is 64.7 Å². The quantitative estimate of drug-likeness (QED) is 0.228. The highest BCUT2D eigenvalue weighted by Crippen LogP contribution is 2.20. The third-order valence-corrected chi connectivity index (χ3v) is 5.33. The molecule has 1 aliphatic rings. The summed E-state index contributed by atoms with van der Waals surface area (Å²) < 4.78 is 10.9. The smallest absolute Gasteiger partial charge is 0.242 e. The summed E-state index contributed by atoms with van der Waals surface area (Å²) in [6, 6.07) is 14.4. The number of aryl methyl sites for hydroxylation is 1. The van der Waals surface area contributed by atoms with E-state index < -0.39 is 0 Å². The number of carbonyl (C=O) groups excluding carboxylic acids is 1. The van der Waals surface area contributed by atoms with Gasteiger partial charge in [-0.05, 0) is 36.1 Å². The fourth-order valence-electron chi connectivity index (χ4n) is 3.56. The van der Waals surface area contributed by atoms with Crippen molar-refractivity contribution in [2.24, 2.45) is 4.99 Å². The zero-order valence-corrected chi connectivity index (χ0v) is 21.3. The summed E-state index contributed by atoms with van der Waals surface area (Å²) in [5.41, 5.74) is 4.71. The van der Waals surface area contributed by atoms with Gasteiger partial charge in [-0.25, -0.2) is 0 Å². The van der Waals surface area contributed by atoms with Crippen LogP contribution >= 0.6 is 24.0 Å². The van der Waals surface area contributed by atoms with Crippen LogP contribution in [-0.2, 0) is 29.0 Å². The Kier molecular flexibility index (Phi) is 10.8. The summed E-state index contributed by atoms with van der Waals surface area (Å²) in [7, 11) is 3.35. The Morgan fingerprint density at radius 1 is 1.12 bits per heavy atom. The molecule has 0 unspecified atom stereocenters. The third kappa shape index (κ3) is 7.37. The van der Waals surface area contributed by atoms with Crippen LogP contribution in [0.2, 0.25) is 0 Å². The van der Waals surface area contributed by atoms with E-state index in [9.17, 15) is 4.79 Å². The molecule has 0 atom stereocenters. The molecular formula is C24H33IN4O3. The van der Waals surface area contributed by atoms with Gasteiger partial charge in [0.25, 0.3) is 0 Å². The number of hydrogen-bond acceptors (Lipinski definition) is 4. The number of ether oxygens (including phenoxy) is 2. The number of amides is 1. The molecule has 1 heterocycles. The first kappa shape index (κ1) is 25.9. The summed E-state index contributed by atoms with van der Waals surface area (Å²) in [6.07, 6.45) is 0.897. The molecule has 0 radical (unpaired) electrons. The number of guanidine groups is 1. The van der Waals surface area contributed by atoms with Crippen LogP contribution < -0.4 is 15.4 Å². The monoisotopic (exact) mass is 552 g/mol. The van der Waals surface area contributed by atoms with Gasteiger partial charge in [0.05, 0.1) is 13.2 Å². The number of halogens is 1. The van der Waals surface area contributed by atoms with Gasteiger partial charge in [0.1, 0.15) is 12.4 Å². The maximum absolute atomic E-state index is 12.7. The minimum atomic E-state index is 0. The van der Waals surface area contributed by atoms with Crippen molar-refractivity contribution in [2.45, 2.75) is 26.4 Å². The van der Waals surface area contributed by atoms with E-state index in [-0.39, 0.29) is 36.4 Å². The molecule has 32 heavy (non-hydrogen) atoms. The van der Waals surface area contributed by atoms with Crippen molar-refractivity contribution >= 4 is 35.8 Å². The molecular weight excluding hydrogens is 519 g/mol. The normalized spacial score (nSPS) is 13.1. The molecule has 8 heteroatoms. The fourth-order valence-corrected chi connectivity index (χ4v) is 3.56. The predicted octanol–water partition coefficient (Wildman–Crippen LogP) is 2.89. The Labute approximate surface area is 207 Å². The molecule has 0 saturated heterocycles. The van der Waals surface area contributed by atoms with E-state index in [2.05, 4.69) is 33.8 Å². The van der Waals surface area contributed by atoms with Crippen LogP contribution in [0.4, 0.5) is 0 Å². The standard InChI is InChI=1S/C24H32N4O3.HI/c1-18-8-9-20(22(14-18)31-13-12-30-3)15-26-24(25-2)27-16-23(29)28-11-10-19-6-4-5-7-21(19)17-28;/h4-9,14H,10-13,15-17H2,1-3H3,(H2,25,26,27);1H. The summed E-state index contributed by atoms with van der Waals surface area (Å²) in [5, 5.41) is 6.40. The molecule has 0 aliphatic carbocycles. The van der Waals surface area contributed by atoms with Gasteiger partial charge in [-0.15, -0.1) is 24.0 Å². The lowest BCUT2D eigenvalue weighted by Gasteiger charge is -2.29. The van der Waals surface area contributed by atoms with Crippen LogP contribution in [0.1, 0.15) is 22.3 Å². The Hall–Kier alpha value is -2.33. The van der Waals surface area contributed by atoms with Gasteiger partial charge >= 0.3 is 0 Å². The van der Waals surface area contributed by atoms with Gasteiger partial charge in [0, 0.05) is 39.4 Å². The molecule has 174 valence electrons. The van der Waals surface area contributed by atoms with Gasteiger partial charge in [-0.3, -0.25) is 9.79 Å². The first-order valence-electron chi connectivity index (χ1n) is 10.6. The number of nitrogens with zero attached hydrogens (tertiary/aromatic N) is 2. The van der Waals surface area contributed by atoms with Crippen LogP contribution in [-0.4, -0.2) is 57.2 Å². The van der Waals surface area contributed by atoms with E-state index in [1.807, 2.05) is 36.1 Å². The number of hydrogen-bond donors (Lipinski definition) is 2. The lowest BCUT2D eigenvalue weighted by atomic mass is 10.00. The average molecular weight is 552 g/mol. The van der Waals surface area contributed by atoms with Crippen molar-refractivity contribution in [3.63, 3.8) is 0 Å². The SMILES string of the molecule is CN=C(NCC(=O)N1CCc2ccccc2C1)NCc1ccc(C)cc1OCCOC.I. The zero-order valence-electron chi connectivity index (χ0n) is 19.0. The molecule has 2 aromatic carbocycles. The van der Waals surface area contributed by atoms with E-state index in [1.165, 1.54) is 11.1 Å². The van der Waals surface area contributed by atoms with Crippen molar-refractivity contribution in [3.8, 4) is 5.75 Å². The molecule has 0 saturated carbocycles. The maximum Gasteiger partial charge on any atom is 0.242 e. The number of fused-ring (bicyclic) bond motifs is 1. The summed E-state index contributed by atoms with van der Waals surface area (Å²) in [5.74, 6) is 1.47. The van der Waals surface area contributed by atoms with Crippen LogP contribution in [0.25, 0.3) is 0 Å². The van der Waals surface area contributed by atoms with Crippen molar-refractivity contribution < 1.29 is 14.3 Å². The van der Waals surface area contributed by atoms with Crippen LogP contribution in [0.5, 0.6) is 5.75 Å². The second-order valence-electron chi connectivity index (χ2n) is 7.57. The Morgan fingerprint density at radius 2 is 1.91 bits per heavy atom. The molecule has 2 N–H and O–H groups in total. The zero-order chi connectivity index (χ0) is 22.1. The summed E-state index contributed by atoms with van der Waals surface area (Å²) in [6.45, 7) is 5.20. The molecule has 1 aliphatic heterocycles. The third-order valence-electron chi connectivity index (χ3n) is 5.33. The molecule has 0 spiro atoms. The van der Waals surface area contributed by atoms with E-state index in [4.69, 9.17) is 9.47 Å². The first-order chi connectivity index (χ1) is 15.1. The van der Waals surface area contributed by atoms with E-state index in [0.717, 1.165) is 29.8 Å². The van der Waals surface area contributed by atoms with Crippen LogP contribution in [0, 0.1) is 6.92 Å². The highest BCUT2D eigenvalue weighted by Gasteiger charge is 2.20. The minimum Gasteiger partial charge on any atom is -0.491 e. The van der Waals surface area contributed by atoms with Crippen LogP contribution in [0.3, 0.4) is 0 Å². The second-order valence-corrected chi connectivity index (χ2v) is 7.57. The number of rotatable bonds is 8. The van der Waals surface area contributed by atoms with Crippen LogP contribution in [0.15, 0.2) is 47.5 Å². The van der Waals surface area contributed by atoms with Gasteiger partial charge in [-0.2, -0.15) is 0 Å². The van der Waals surface area contributed by atoms with E-state index in [0.29, 0.717) is 32.3 Å². The Bertz CT molecular complexity index is 920. The maximum atomic E-state index is 12.7. The number of benzene rings is 2. The van der Waals surface area contributed by atoms with Gasteiger partial charge < -0.3 is 25.0 Å². The Morgan fingerprint density at radius 3 is 2.66 bits per heavy atom. The van der Waals surface area contributed by atoms with Gasteiger partial charge in [0.15, 0.2) is 5.96 Å². The fraction of sp³-hybridized carbons (Fsp3) is 0.417. The molecule has 0 fully saturated rings. The molecule has 0 aromatic heterocycles. The number of aliphatic imine (C=N–C) groups is 1. The average Bonchev–Trinajstić information content (AvgIpc) is 2.80. The van der Waals surface area contributed by atoms with Crippen molar-refractivity contribution in [2.75, 3.05) is 40.5 Å². The number of nitrogens with one attached hydrogen (secondary N) is 2. The highest BCUT2D eigenvalue weighted by molar-refractivity contribution is 14.0. The topological polar surface area (TPSA) is 75.2 Å². The molecule has 7 nitrogen and oxygen atoms in total. The lowest BCUT2D eigenvalue weighted by molar-refractivity contribution is -0.130. The Balaban J connectivity index is 0.00000363. The predicted molar refractivity (Wildman–Crippen MR) is 138 cm³/mol. The van der Waals surface area contributed by atoms with E-state index >= 15 is 0 Å². The van der Waals surface area contributed by atoms with Crippen molar-refractivity contribution in [1.82, 2.24) is 15.5 Å². The molecule has 3 rings (SSSR count). The molecule has 2 aromatic rings. The first-order valence-corrected chi connectivity index (χ1v) is 10.6. The second kappa shape index (κ2) is 13.3. The van der Waals surface area contributed by atoms with E-state index in [1.54, 1.807) is 14.2 Å². The molecule has 0 bridgehead atoms. The number of carbonyl (C=O) groups is 1. The summed E-state index contributed by atoms with van der Waals surface area (Å²) >= 11 is 0. The highest BCUT2D eigenvalue weighted by atomic mass is 127. The molecule has 1 amide bonds. The lowest BCUT2D eigenvalue weighted by Crippen LogP contribution is -2.45. The van der Waals surface area contributed by atoms with Gasteiger partial charge in [0.2, 0.25) is 5.91 Å². The van der Waals surface area contributed by atoms with Gasteiger partial charge in [-0.1, -0.05) is 36.4 Å². The number of methoxy groups -OCH3 is 1.